The lowest BCUT2D eigenvalue weighted by Gasteiger charge is -2.12. The van der Waals surface area contributed by atoms with Crippen molar-refractivity contribution in [2.75, 3.05) is 12.4 Å². The van der Waals surface area contributed by atoms with Gasteiger partial charge in [0.25, 0.3) is 0 Å². The van der Waals surface area contributed by atoms with Gasteiger partial charge in [-0.25, -0.2) is 14.8 Å². The first-order valence-corrected chi connectivity index (χ1v) is 5.74. The lowest BCUT2D eigenvalue weighted by molar-refractivity contribution is -0.141. The van der Waals surface area contributed by atoms with Crippen LogP contribution in [0.15, 0.2) is 23.2 Å². The van der Waals surface area contributed by atoms with E-state index in [2.05, 4.69) is 36.0 Å². The number of aromatic nitrogens is 3. The van der Waals surface area contributed by atoms with E-state index in [-0.39, 0.29) is 5.97 Å². The van der Waals surface area contributed by atoms with Crippen LogP contribution in [0.1, 0.15) is 6.92 Å². The summed E-state index contributed by atoms with van der Waals surface area (Å²) in [4.78, 5) is 19.7. The van der Waals surface area contributed by atoms with E-state index in [0.717, 1.165) is 0 Å². The average molecular weight is 299 g/mol. The molecule has 0 aromatic carbocycles. The van der Waals surface area contributed by atoms with Gasteiger partial charge in [0, 0.05) is 18.6 Å². The number of fused-ring (bicyclic) bond motifs is 1. The maximum Gasteiger partial charge on any atom is 0.328 e. The number of rotatable bonds is 3. The van der Waals surface area contributed by atoms with Crippen LogP contribution in [0.3, 0.4) is 0 Å². The van der Waals surface area contributed by atoms with Gasteiger partial charge in [-0.2, -0.15) is 0 Å². The molecule has 0 aliphatic heterocycles. The second-order valence-electron chi connectivity index (χ2n) is 3.46. The first-order valence-electron chi connectivity index (χ1n) is 4.95. The van der Waals surface area contributed by atoms with E-state index in [4.69, 9.17) is 0 Å². The quantitative estimate of drug-likeness (QED) is 0.869. The molecule has 17 heavy (non-hydrogen) atoms. The fraction of sp³-hybridized carbons (Fsp3) is 0.300. The molecule has 0 bridgehead atoms. The zero-order valence-corrected chi connectivity index (χ0v) is 10.9. The molecule has 0 fully saturated rings. The molecule has 0 aliphatic carbocycles. The first-order chi connectivity index (χ1) is 8.11. The van der Waals surface area contributed by atoms with E-state index >= 15 is 0 Å². The van der Waals surface area contributed by atoms with E-state index in [1.807, 2.05) is 4.40 Å². The number of ether oxygens (including phenoxy) is 1. The summed E-state index contributed by atoms with van der Waals surface area (Å²) in [5.41, 5.74) is 0.656. The topological polar surface area (TPSA) is 68.5 Å². The Kier molecular flexibility index (Phi) is 3.28. The molecule has 0 radical (unpaired) electrons. The Hall–Kier alpha value is -1.63. The van der Waals surface area contributed by atoms with Crippen LogP contribution in [-0.2, 0) is 9.53 Å². The number of nitrogens with one attached hydrogen (secondary N) is 1. The van der Waals surface area contributed by atoms with Gasteiger partial charge in [0.15, 0.2) is 11.5 Å². The molecule has 0 spiro atoms. The van der Waals surface area contributed by atoms with Crippen LogP contribution >= 0.6 is 15.9 Å². The Morgan fingerprint density at radius 2 is 2.41 bits per heavy atom. The molecule has 7 heteroatoms. The zero-order valence-electron chi connectivity index (χ0n) is 9.35. The number of hydrogen-bond acceptors (Lipinski definition) is 5. The number of nitrogens with zero attached hydrogens (tertiary/aromatic N) is 3. The summed E-state index contributed by atoms with van der Waals surface area (Å²) in [5.74, 6) is 0.179. The Balaban J connectivity index is 2.34. The molecule has 1 atom stereocenters. The fourth-order valence-electron chi connectivity index (χ4n) is 1.44. The van der Waals surface area contributed by atoms with Crippen LogP contribution < -0.4 is 5.32 Å². The highest BCUT2D eigenvalue weighted by Crippen LogP contribution is 2.17. The molecule has 1 N–H and O–H groups in total. The van der Waals surface area contributed by atoms with E-state index < -0.39 is 6.04 Å². The molecule has 90 valence electrons. The van der Waals surface area contributed by atoms with Crippen molar-refractivity contribution in [2.45, 2.75) is 13.0 Å². The minimum absolute atomic E-state index is 0.350. The van der Waals surface area contributed by atoms with E-state index in [1.165, 1.54) is 7.11 Å². The van der Waals surface area contributed by atoms with Crippen molar-refractivity contribution in [3.05, 3.63) is 23.2 Å². The largest absolute Gasteiger partial charge is 0.467 e. The van der Waals surface area contributed by atoms with Crippen molar-refractivity contribution in [2.24, 2.45) is 0 Å². The number of hydrogen-bond donors (Lipinski definition) is 1. The summed E-state index contributed by atoms with van der Waals surface area (Å²) in [5, 5.41) is 2.96. The van der Waals surface area contributed by atoms with Gasteiger partial charge in [0.1, 0.15) is 10.6 Å². The molecule has 2 aromatic rings. The molecule has 6 nitrogen and oxygen atoms in total. The van der Waals surface area contributed by atoms with Gasteiger partial charge in [-0.3, -0.25) is 0 Å². The molecule has 2 rings (SSSR count). The van der Waals surface area contributed by atoms with Gasteiger partial charge in [-0.15, -0.1) is 0 Å². The number of esters is 1. The van der Waals surface area contributed by atoms with Crippen LogP contribution in [0, 0.1) is 0 Å². The summed E-state index contributed by atoms with van der Waals surface area (Å²) in [6.07, 6.45) is 5.25. The molecule has 0 amide bonds. The minimum atomic E-state index is -0.484. The Morgan fingerprint density at radius 3 is 3.12 bits per heavy atom. The molecule has 0 saturated heterocycles. The van der Waals surface area contributed by atoms with Gasteiger partial charge in [0.2, 0.25) is 0 Å². The SMILES string of the molecule is COC(=O)C(C)Nc1nc(Br)cn2ccnc12. The van der Waals surface area contributed by atoms with Crippen LogP contribution in [0.25, 0.3) is 5.65 Å². The van der Waals surface area contributed by atoms with Crippen LogP contribution in [0.2, 0.25) is 0 Å². The van der Waals surface area contributed by atoms with Gasteiger partial charge in [-0.1, -0.05) is 0 Å². The summed E-state index contributed by atoms with van der Waals surface area (Å²) < 4.78 is 7.10. The number of carbonyl (C=O) groups is 1. The molecule has 2 aromatic heterocycles. The molecule has 0 aliphatic rings. The van der Waals surface area contributed by atoms with Gasteiger partial charge in [-0.05, 0) is 22.9 Å². The second-order valence-corrected chi connectivity index (χ2v) is 4.27. The summed E-state index contributed by atoms with van der Waals surface area (Å²) in [6, 6.07) is -0.484. The lowest BCUT2D eigenvalue weighted by atomic mass is 10.3. The third kappa shape index (κ3) is 2.38. The predicted molar refractivity (Wildman–Crippen MR) is 65.8 cm³/mol. The standard InChI is InChI=1S/C10H11BrN4O2/c1-6(10(16)17-2)13-8-9-12-3-4-15(9)5-7(11)14-8/h3-6H,1-2H3,(H,13,14). The molecular weight excluding hydrogens is 288 g/mol. The van der Waals surface area contributed by atoms with E-state index in [0.29, 0.717) is 16.1 Å². The van der Waals surface area contributed by atoms with Crippen LogP contribution in [0.4, 0.5) is 5.82 Å². The zero-order chi connectivity index (χ0) is 12.4. The predicted octanol–water partition coefficient (Wildman–Crippen LogP) is 1.47. The first kappa shape index (κ1) is 11.8. The molecule has 2 heterocycles. The monoisotopic (exact) mass is 298 g/mol. The average Bonchev–Trinajstić information content (AvgIpc) is 2.75. The number of methoxy groups -OCH3 is 1. The van der Waals surface area contributed by atoms with Crippen molar-refractivity contribution in [1.82, 2.24) is 14.4 Å². The van der Waals surface area contributed by atoms with Crippen LogP contribution in [-0.4, -0.2) is 33.5 Å². The highest BCUT2D eigenvalue weighted by molar-refractivity contribution is 9.10. The van der Waals surface area contributed by atoms with Crippen molar-refractivity contribution in [1.29, 1.82) is 0 Å². The third-order valence-electron chi connectivity index (χ3n) is 2.25. The van der Waals surface area contributed by atoms with E-state index in [1.54, 1.807) is 25.5 Å². The maximum absolute atomic E-state index is 11.3. The fourth-order valence-corrected chi connectivity index (χ4v) is 1.84. The number of carbonyl (C=O) groups excluding carboxylic acids is 1. The maximum atomic E-state index is 11.3. The highest BCUT2D eigenvalue weighted by Gasteiger charge is 2.15. The van der Waals surface area contributed by atoms with Crippen molar-refractivity contribution in [3.8, 4) is 0 Å². The third-order valence-corrected chi connectivity index (χ3v) is 2.63. The number of halogens is 1. The Bertz CT molecular complexity index is 554. The summed E-state index contributed by atoms with van der Waals surface area (Å²) in [6.45, 7) is 1.70. The Labute approximate surface area is 106 Å². The summed E-state index contributed by atoms with van der Waals surface area (Å²) in [7, 11) is 1.35. The highest BCUT2D eigenvalue weighted by atomic mass is 79.9. The van der Waals surface area contributed by atoms with Gasteiger partial charge >= 0.3 is 5.97 Å². The van der Waals surface area contributed by atoms with Crippen molar-refractivity contribution >= 4 is 33.4 Å². The molecular formula is C10H11BrN4O2. The Morgan fingerprint density at radius 1 is 1.65 bits per heavy atom. The van der Waals surface area contributed by atoms with Gasteiger partial charge in [0.05, 0.1) is 7.11 Å². The normalized spacial score (nSPS) is 12.4. The lowest BCUT2D eigenvalue weighted by Crippen LogP contribution is -2.28. The van der Waals surface area contributed by atoms with E-state index in [9.17, 15) is 4.79 Å². The smallest absolute Gasteiger partial charge is 0.328 e. The van der Waals surface area contributed by atoms with Crippen molar-refractivity contribution < 1.29 is 9.53 Å². The van der Waals surface area contributed by atoms with Crippen molar-refractivity contribution in [3.63, 3.8) is 0 Å². The molecule has 1 unspecified atom stereocenters. The van der Waals surface area contributed by atoms with Gasteiger partial charge < -0.3 is 14.5 Å². The van der Waals surface area contributed by atoms with Crippen LogP contribution in [0.5, 0.6) is 0 Å². The number of anilines is 1. The second kappa shape index (κ2) is 4.70. The summed E-state index contributed by atoms with van der Waals surface area (Å²) >= 11 is 3.30. The minimum Gasteiger partial charge on any atom is -0.467 e. The number of imidazole rings is 1. The molecule has 0 saturated carbocycles.